The van der Waals surface area contributed by atoms with Crippen molar-refractivity contribution in [1.82, 2.24) is 9.13 Å². The quantitative estimate of drug-likeness (QED) is 0.278. The summed E-state index contributed by atoms with van der Waals surface area (Å²) in [6, 6.07) is 18.5. The SMILES string of the molecule is COc1ccc2c(c1)c(-c1c3cc(OC)c(=O)cc-3n(C)c3ccc(OC)cc13)c1cc(OC)c(=O)cc-1n2C. The summed E-state index contributed by atoms with van der Waals surface area (Å²) in [5, 5.41) is 1.80. The molecule has 0 atom stereocenters. The maximum Gasteiger partial charge on any atom is 0.222 e. The minimum atomic E-state index is -0.210. The molecule has 8 heteroatoms. The van der Waals surface area contributed by atoms with Crippen molar-refractivity contribution < 1.29 is 18.9 Å². The van der Waals surface area contributed by atoms with Crippen LogP contribution in [0.1, 0.15) is 0 Å². The van der Waals surface area contributed by atoms with Crippen LogP contribution in [-0.4, -0.2) is 37.6 Å². The molecule has 0 radical (unpaired) electrons. The van der Waals surface area contributed by atoms with Gasteiger partial charge in [0.05, 0.1) is 39.8 Å². The minimum Gasteiger partial charge on any atom is -0.497 e. The number of rotatable bonds is 5. The third kappa shape index (κ3) is 3.60. The molecule has 0 aromatic heterocycles. The molecule has 0 unspecified atom stereocenters. The van der Waals surface area contributed by atoms with Crippen LogP contribution >= 0.6 is 0 Å². The van der Waals surface area contributed by atoms with Crippen LogP contribution in [0.2, 0.25) is 0 Å². The number of hydrogen-bond acceptors (Lipinski definition) is 6. The maximum absolute atomic E-state index is 12.9. The number of fused-ring (bicyclic) bond motifs is 4. The van der Waals surface area contributed by atoms with Gasteiger partial charge in [0.2, 0.25) is 10.9 Å². The van der Waals surface area contributed by atoms with E-state index in [0.717, 1.165) is 55.4 Å². The Kier molecular flexibility index (Phi) is 5.91. The van der Waals surface area contributed by atoms with E-state index < -0.39 is 0 Å². The molecule has 0 bridgehead atoms. The van der Waals surface area contributed by atoms with Crippen molar-refractivity contribution >= 4 is 21.8 Å². The van der Waals surface area contributed by atoms with E-state index >= 15 is 0 Å². The number of aromatic nitrogens is 2. The Labute approximate surface area is 230 Å². The first-order chi connectivity index (χ1) is 19.3. The van der Waals surface area contributed by atoms with Crippen LogP contribution in [-0.2, 0) is 14.1 Å². The van der Waals surface area contributed by atoms with E-state index in [1.54, 1.807) is 38.5 Å². The lowest BCUT2D eigenvalue weighted by molar-refractivity contribution is 0.411. The van der Waals surface area contributed by atoms with Gasteiger partial charge < -0.3 is 28.1 Å². The van der Waals surface area contributed by atoms with Gasteiger partial charge in [0.15, 0.2) is 11.5 Å². The Morgan fingerprint density at radius 2 is 0.925 bits per heavy atom. The van der Waals surface area contributed by atoms with Crippen LogP contribution in [0.5, 0.6) is 23.0 Å². The van der Waals surface area contributed by atoms with Crippen LogP contribution in [0.4, 0.5) is 0 Å². The number of hydrogen-bond donors (Lipinski definition) is 0. The van der Waals surface area contributed by atoms with E-state index in [1.807, 2.05) is 59.6 Å². The molecule has 2 aliphatic carbocycles. The number of aryl methyl sites for hydroxylation is 2. The fraction of sp³-hybridized carbons (Fsp3) is 0.188. The van der Waals surface area contributed by atoms with Crippen molar-refractivity contribution in [1.29, 1.82) is 0 Å². The normalized spacial score (nSPS) is 11.4. The first kappa shape index (κ1) is 25.3. The van der Waals surface area contributed by atoms with Crippen molar-refractivity contribution in [2.45, 2.75) is 0 Å². The molecule has 8 nitrogen and oxygen atoms in total. The predicted molar refractivity (Wildman–Crippen MR) is 157 cm³/mol. The third-order valence-corrected chi connectivity index (χ3v) is 7.74. The average molecular weight is 537 g/mol. The molecule has 0 amide bonds. The molecule has 2 aromatic carbocycles. The highest BCUT2D eigenvalue weighted by atomic mass is 16.5. The van der Waals surface area contributed by atoms with Gasteiger partial charge in [0.1, 0.15) is 11.5 Å². The summed E-state index contributed by atoms with van der Waals surface area (Å²) in [6.45, 7) is 0. The zero-order valence-electron chi connectivity index (χ0n) is 23.1. The molecule has 2 heterocycles. The van der Waals surface area contributed by atoms with Gasteiger partial charge in [-0.1, -0.05) is 0 Å². The second kappa shape index (κ2) is 9.34. The molecule has 0 N–H and O–H groups in total. The van der Waals surface area contributed by atoms with Crippen LogP contribution in [0, 0.1) is 0 Å². The van der Waals surface area contributed by atoms with Crippen molar-refractivity contribution in [3.8, 4) is 56.6 Å². The largest absolute Gasteiger partial charge is 0.497 e. The summed E-state index contributed by atoms with van der Waals surface area (Å²) in [7, 11) is 10.1. The highest BCUT2D eigenvalue weighted by Gasteiger charge is 2.27. The monoisotopic (exact) mass is 536 g/mol. The molecule has 2 aliphatic heterocycles. The summed E-state index contributed by atoms with van der Waals surface area (Å²) in [5.74, 6) is 1.85. The second-order valence-corrected chi connectivity index (χ2v) is 9.67. The van der Waals surface area contributed by atoms with E-state index in [0.29, 0.717) is 11.5 Å². The lowest BCUT2D eigenvalue weighted by Gasteiger charge is -2.27. The Morgan fingerprint density at radius 3 is 1.27 bits per heavy atom. The first-order valence-electron chi connectivity index (χ1n) is 12.7. The van der Waals surface area contributed by atoms with E-state index in [1.165, 1.54) is 14.2 Å². The molecule has 0 saturated carbocycles. The third-order valence-electron chi connectivity index (χ3n) is 7.74. The zero-order valence-corrected chi connectivity index (χ0v) is 23.1. The Bertz CT molecular complexity index is 1870. The smallest absolute Gasteiger partial charge is 0.222 e. The Balaban J connectivity index is 1.97. The number of ether oxygens (including phenoxy) is 4. The fourth-order valence-electron chi connectivity index (χ4n) is 5.73. The average Bonchev–Trinajstić information content (AvgIpc) is 2.98. The van der Waals surface area contributed by atoms with Gasteiger partial charge in [-0.2, -0.15) is 0 Å². The van der Waals surface area contributed by atoms with E-state index in [-0.39, 0.29) is 22.4 Å². The molecule has 6 rings (SSSR count). The number of pyridine rings is 2. The number of nitrogens with zero attached hydrogens (tertiary/aromatic N) is 2. The van der Waals surface area contributed by atoms with Gasteiger partial charge in [-0.3, -0.25) is 9.59 Å². The number of benzene rings is 4. The van der Waals surface area contributed by atoms with Crippen LogP contribution in [0.25, 0.3) is 55.4 Å². The summed E-state index contributed by atoms with van der Waals surface area (Å²) >= 11 is 0. The Morgan fingerprint density at radius 1 is 0.525 bits per heavy atom. The zero-order chi connectivity index (χ0) is 28.3. The standard InChI is InChI=1S/C32H28N2O6/c1-33-23-9-7-17(37-3)11-19(23)31(21-13-29(39-5)27(35)15-25(21)33)32-20-12-18(38-4)8-10-24(20)34(2)26-16-28(36)30(40-6)14-22(26)32/h7-16H,1-6H3. The summed E-state index contributed by atoms with van der Waals surface area (Å²) in [5.41, 5.74) is 6.21. The lowest BCUT2D eigenvalue weighted by Crippen LogP contribution is -2.13. The van der Waals surface area contributed by atoms with Gasteiger partial charge in [0.25, 0.3) is 0 Å². The van der Waals surface area contributed by atoms with E-state index in [9.17, 15) is 9.59 Å². The second-order valence-electron chi connectivity index (χ2n) is 9.67. The van der Waals surface area contributed by atoms with Crippen LogP contribution < -0.4 is 29.8 Å². The topological polar surface area (TPSA) is 80.9 Å². The lowest BCUT2D eigenvalue weighted by atomic mass is 9.85. The maximum atomic E-state index is 12.9. The van der Waals surface area contributed by atoms with Gasteiger partial charge in [-0.05, 0) is 48.5 Å². The highest BCUT2D eigenvalue weighted by molar-refractivity contribution is 6.15. The Hall–Kier alpha value is -4.98. The highest BCUT2D eigenvalue weighted by Crippen LogP contribution is 2.49. The molecule has 4 aliphatic rings. The molecule has 2 aromatic rings. The van der Waals surface area contributed by atoms with Gasteiger partial charge in [-0.15, -0.1) is 0 Å². The van der Waals surface area contributed by atoms with Crippen molar-refractivity contribution in [3.63, 3.8) is 0 Å². The van der Waals surface area contributed by atoms with Crippen molar-refractivity contribution in [2.24, 2.45) is 14.1 Å². The first-order valence-corrected chi connectivity index (χ1v) is 12.7. The predicted octanol–water partition coefficient (Wildman–Crippen LogP) is 5.30. The molecule has 0 saturated heterocycles. The van der Waals surface area contributed by atoms with Crippen LogP contribution in [0.15, 0.2) is 70.3 Å². The van der Waals surface area contributed by atoms with E-state index in [4.69, 9.17) is 18.9 Å². The minimum absolute atomic E-state index is 0.210. The molecule has 202 valence electrons. The summed E-state index contributed by atoms with van der Waals surface area (Å²) in [4.78, 5) is 25.9. The molecule has 0 spiro atoms. The van der Waals surface area contributed by atoms with E-state index in [2.05, 4.69) is 0 Å². The summed E-state index contributed by atoms with van der Waals surface area (Å²) in [6.07, 6.45) is 0. The van der Waals surface area contributed by atoms with Crippen LogP contribution in [0.3, 0.4) is 0 Å². The van der Waals surface area contributed by atoms with Crippen molar-refractivity contribution in [3.05, 3.63) is 81.1 Å². The summed E-state index contributed by atoms with van der Waals surface area (Å²) < 4.78 is 26.3. The fourth-order valence-corrected chi connectivity index (χ4v) is 5.73. The van der Waals surface area contributed by atoms with Gasteiger partial charge in [-0.25, -0.2) is 0 Å². The molecule has 0 fully saturated rings. The van der Waals surface area contributed by atoms with Crippen molar-refractivity contribution in [2.75, 3.05) is 28.4 Å². The van der Waals surface area contributed by atoms with Gasteiger partial charge in [0, 0.05) is 70.3 Å². The molecular weight excluding hydrogens is 508 g/mol. The number of methoxy groups -OCH3 is 4. The molecule has 40 heavy (non-hydrogen) atoms. The molecular formula is C32H28N2O6. The van der Waals surface area contributed by atoms with Gasteiger partial charge >= 0.3 is 0 Å².